The molecular formula is C12H20N2O5. The minimum Gasteiger partial charge on any atom is -0.481 e. The Bertz CT molecular complexity index is 339. The summed E-state index contributed by atoms with van der Waals surface area (Å²) in [5.41, 5.74) is 0. The van der Waals surface area contributed by atoms with E-state index < -0.39 is 24.0 Å². The highest BCUT2D eigenvalue weighted by Crippen LogP contribution is 2.23. The fourth-order valence-corrected chi connectivity index (χ4v) is 2.19. The highest BCUT2D eigenvalue weighted by atomic mass is 16.4. The van der Waals surface area contributed by atoms with Gasteiger partial charge < -0.3 is 20.8 Å². The van der Waals surface area contributed by atoms with Gasteiger partial charge in [0.25, 0.3) is 0 Å². The molecule has 1 fully saturated rings. The van der Waals surface area contributed by atoms with Gasteiger partial charge in [-0.3, -0.25) is 4.79 Å². The number of carboxylic acid groups (broad SMARTS) is 2. The maximum atomic E-state index is 11.5. The van der Waals surface area contributed by atoms with E-state index >= 15 is 0 Å². The minimum atomic E-state index is -1.22. The van der Waals surface area contributed by atoms with Crippen LogP contribution in [0, 0.1) is 5.92 Å². The van der Waals surface area contributed by atoms with Crippen LogP contribution in [0.5, 0.6) is 0 Å². The van der Waals surface area contributed by atoms with Gasteiger partial charge in [-0.15, -0.1) is 0 Å². The van der Waals surface area contributed by atoms with E-state index in [1.165, 1.54) is 12.8 Å². The highest BCUT2D eigenvalue weighted by molar-refractivity contribution is 5.82. The summed E-state index contributed by atoms with van der Waals surface area (Å²) in [6.07, 6.45) is 4.10. The number of carbonyl (C=O) groups excluding carboxylic acids is 1. The molecule has 2 amide bonds. The van der Waals surface area contributed by atoms with Gasteiger partial charge in [-0.1, -0.05) is 12.8 Å². The molecule has 0 unspecified atom stereocenters. The summed E-state index contributed by atoms with van der Waals surface area (Å²) in [7, 11) is 0. The van der Waals surface area contributed by atoms with Gasteiger partial charge in [0.05, 0.1) is 0 Å². The average Bonchev–Trinajstić information content (AvgIpc) is 2.84. The Morgan fingerprint density at radius 3 is 2.32 bits per heavy atom. The van der Waals surface area contributed by atoms with Crippen molar-refractivity contribution in [1.29, 1.82) is 0 Å². The first-order valence-corrected chi connectivity index (χ1v) is 6.48. The topological polar surface area (TPSA) is 116 Å². The molecule has 0 radical (unpaired) electrons. The molecule has 7 nitrogen and oxygen atoms in total. The van der Waals surface area contributed by atoms with Gasteiger partial charge in [0.1, 0.15) is 6.04 Å². The molecule has 1 atom stereocenters. The molecular weight excluding hydrogens is 252 g/mol. The summed E-state index contributed by atoms with van der Waals surface area (Å²) >= 11 is 0. The van der Waals surface area contributed by atoms with E-state index in [1.807, 2.05) is 0 Å². The number of carboxylic acids is 2. The molecule has 19 heavy (non-hydrogen) atoms. The zero-order valence-corrected chi connectivity index (χ0v) is 10.7. The van der Waals surface area contributed by atoms with Crippen molar-refractivity contribution in [3.05, 3.63) is 0 Å². The summed E-state index contributed by atoms with van der Waals surface area (Å²) < 4.78 is 0. The zero-order valence-electron chi connectivity index (χ0n) is 10.7. The number of nitrogens with one attached hydrogen (secondary N) is 2. The van der Waals surface area contributed by atoms with Crippen LogP contribution in [0.15, 0.2) is 0 Å². The van der Waals surface area contributed by atoms with E-state index in [1.54, 1.807) is 0 Å². The Kier molecular flexibility index (Phi) is 6.11. The van der Waals surface area contributed by atoms with Gasteiger partial charge in [-0.25, -0.2) is 9.59 Å². The molecule has 0 saturated heterocycles. The summed E-state index contributed by atoms with van der Waals surface area (Å²) in [6.45, 7) is 0.539. The molecule has 0 aromatic rings. The predicted molar refractivity (Wildman–Crippen MR) is 66.8 cm³/mol. The Morgan fingerprint density at radius 1 is 1.16 bits per heavy atom. The van der Waals surface area contributed by atoms with Crippen molar-refractivity contribution in [2.75, 3.05) is 6.54 Å². The lowest BCUT2D eigenvalue weighted by molar-refractivity contribution is -0.140. The highest BCUT2D eigenvalue weighted by Gasteiger charge is 2.21. The van der Waals surface area contributed by atoms with Crippen molar-refractivity contribution in [2.24, 2.45) is 5.92 Å². The molecule has 1 aliphatic carbocycles. The third-order valence-electron chi connectivity index (χ3n) is 3.28. The molecule has 0 aromatic carbocycles. The summed E-state index contributed by atoms with van der Waals surface area (Å²) in [5, 5.41) is 22.3. The molecule has 0 aliphatic heterocycles. The van der Waals surface area contributed by atoms with E-state index in [4.69, 9.17) is 10.2 Å². The van der Waals surface area contributed by atoms with E-state index in [0.717, 1.165) is 12.8 Å². The molecule has 1 rings (SSSR count). The van der Waals surface area contributed by atoms with E-state index in [9.17, 15) is 14.4 Å². The Morgan fingerprint density at radius 2 is 1.79 bits per heavy atom. The average molecular weight is 272 g/mol. The fourth-order valence-electron chi connectivity index (χ4n) is 2.19. The lowest BCUT2D eigenvalue weighted by atomic mass is 10.1. The molecule has 0 spiro atoms. The lowest BCUT2D eigenvalue weighted by Crippen LogP contribution is -2.47. The molecule has 0 bridgehead atoms. The van der Waals surface area contributed by atoms with Gasteiger partial charge >= 0.3 is 18.0 Å². The van der Waals surface area contributed by atoms with Crippen LogP contribution in [0.25, 0.3) is 0 Å². The Balaban J connectivity index is 2.29. The van der Waals surface area contributed by atoms with Crippen molar-refractivity contribution in [3.8, 4) is 0 Å². The van der Waals surface area contributed by atoms with Crippen LogP contribution in [0.2, 0.25) is 0 Å². The molecule has 7 heteroatoms. The van der Waals surface area contributed by atoms with Gasteiger partial charge in [0, 0.05) is 13.0 Å². The number of aliphatic carboxylic acids is 2. The van der Waals surface area contributed by atoms with Gasteiger partial charge in [0.2, 0.25) is 0 Å². The molecule has 0 heterocycles. The van der Waals surface area contributed by atoms with Gasteiger partial charge in [-0.05, 0) is 25.2 Å². The zero-order chi connectivity index (χ0) is 14.3. The number of amides is 2. The lowest BCUT2D eigenvalue weighted by Gasteiger charge is -2.16. The first-order chi connectivity index (χ1) is 8.99. The SMILES string of the molecule is O=C(O)CC[C@H](NC(=O)NCC1CCCC1)C(=O)O. The second kappa shape index (κ2) is 7.60. The smallest absolute Gasteiger partial charge is 0.326 e. The van der Waals surface area contributed by atoms with Gasteiger partial charge in [-0.2, -0.15) is 0 Å². The standard InChI is InChI=1S/C12H20N2O5/c15-10(16)6-5-9(11(17)18)14-12(19)13-7-8-3-1-2-4-8/h8-9H,1-7H2,(H,15,16)(H,17,18)(H2,13,14,19)/t9-/m0/s1. The Hall–Kier alpha value is -1.79. The van der Waals surface area contributed by atoms with Crippen LogP contribution in [0.1, 0.15) is 38.5 Å². The van der Waals surface area contributed by atoms with Gasteiger partial charge in [0.15, 0.2) is 0 Å². The molecule has 4 N–H and O–H groups in total. The molecule has 108 valence electrons. The van der Waals surface area contributed by atoms with Crippen molar-refractivity contribution in [2.45, 2.75) is 44.6 Å². The van der Waals surface area contributed by atoms with Crippen LogP contribution in [-0.4, -0.2) is 40.8 Å². The van der Waals surface area contributed by atoms with E-state index in [2.05, 4.69) is 10.6 Å². The molecule has 1 aliphatic rings. The van der Waals surface area contributed by atoms with Crippen molar-refractivity contribution >= 4 is 18.0 Å². The first-order valence-electron chi connectivity index (χ1n) is 6.48. The predicted octanol–water partition coefficient (Wildman–Crippen LogP) is 0.794. The van der Waals surface area contributed by atoms with Crippen molar-refractivity contribution in [1.82, 2.24) is 10.6 Å². The monoisotopic (exact) mass is 272 g/mol. The first kappa shape index (κ1) is 15.3. The minimum absolute atomic E-state index is 0.123. The number of hydrogen-bond acceptors (Lipinski definition) is 3. The largest absolute Gasteiger partial charge is 0.481 e. The Labute approximate surface area is 111 Å². The van der Waals surface area contributed by atoms with Crippen LogP contribution in [-0.2, 0) is 9.59 Å². The normalized spacial score (nSPS) is 16.8. The van der Waals surface area contributed by atoms with Crippen LogP contribution in [0.3, 0.4) is 0 Å². The number of carbonyl (C=O) groups is 3. The van der Waals surface area contributed by atoms with Crippen LogP contribution in [0.4, 0.5) is 4.79 Å². The third-order valence-corrected chi connectivity index (χ3v) is 3.28. The summed E-state index contributed by atoms with van der Waals surface area (Å²) in [5.74, 6) is -1.84. The number of hydrogen-bond donors (Lipinski definition) is 4. The maximum Gasteiger partial charge on any atom is 0.326 e. The van der Waals surface area contributed by atoms with Crippen molar-refractivity contribution in [3.63, 3.8) is 0 Å². The van der Waals surface area contributed by atoms with Crippen molar-refractivity contribution < 1.29 is 24.6 Å². The fraction of sp³-hybridized carbons (Fsp3) is 0.750. The number of rotatable bonds is 7. The second-order valence-corrected chi connectivity index (χ2v) is 4.83. The van der Waals surface area contributed by atoms with E-state index in [-0.39, 0.29) is 12.8 Å². The molecule has 1 saturated carbocycles. The van der Waals surface area contributed by atoms with Crippen LogP contribution < -0.4 is 10.6 Å². The number of urea groups is 1. The summed E-state index contributed by atoms with van der Waals surface area (Å²) in [4.78, 5) is 32.8. The summed E-state index contributed by atoms with van der Waals surface area (Å²) in [6, 6.07) is -1.72. The second-order valence-electron chi connectivity index (χ2n) is 4.83. The molecule has 0 aromatic heterocycles. The maximum absolute atomic E-state index is 11.5. The quantitative estimate of drug-likeness (QED) is 0.547. The van der Waals surface area contributed by atoms with Crippen LogP contribution >= 0.6 is 0 Å². The van der Waals surface area contributed by atoms with E-state index in [0.29, 0.717) is 12.5 Å². The third kappa shape index (κ3) is 6.08.